The van der Waals surface area contributed by atoms with Crippen molar-refractivity contribution >= 4 is 5.91 Å². The highest BCUT2D eigenvalue weighted by atomic mass is 16.2. The van der Waals surface area contributed by atoms with Crippen LogP contribution in [0.15, 0.2) is 0 Å². The number of nitrogens with zero attached hydrogens (tertiary/aromatic N) is 1. The van der Waals surface area contributed by atoms with E-state index < -0.39 is 0 Å². The summed E-state index contributed by atoms with van der Waals surface area (Å²) in [5, 5.41) is 3.47. The zero-order valence-electron chi connectivity index (χ0n) is 11.4. The molecule has 3 heteroatoms. The molecule has 2 heterocycles. The summed E-state index contributed by atoms with van der Waals surface area (Å²) in [5.74, 6) is 0.817. The Morgan fingerprint density at radius 2 is 1.89 bits per heavy atom. The highest BCUT2D eigenvalue weighted by Gasteiger charge is 2.42. The van der Waals surface area contributed by atoms with Gasteiger partial charge in [-0.3, -0.25) is 4.79 Å². The highest BCUT2D eigenvalue weighted by Crippen LogP contribution is 2.37. The van der Waals surface area contributed by atoms with Crippen LogP contribution in [0, 0.1) is 11.3 Å². The lowest BCUT2D eigenvalue weighted by Crippen LogP contribution is -2.37. The molecule has 0 aromatic heterocycles. The predicted molar refractivity (Wildman–Crippen MR) is 72.3 cm³/mol. The first kappa shape index (κ1) is 12.5. The third-order valence-corrected chi connectivity index (χ3v) is 5.29. The summed E-state index contributed by atoms with van der Waals surface area (Å²) >= 11 is 0. The lowest BCUT2D eigenvalue weighted by atomic mass is 9.86. The van der Waals surface area contributed by atoms with Gasteiger partial charge < -0.3 is 10.2 Å². The monoisotopic (exact) mass is 250 g/mol. The molecule has 1 spiro atoms. The van der Waals surface area contributed by atoms with Gasteiger partial charge in [-0.1, -0.05) is 25.7 Å². The topological polar surface area (TPSA) is 32.3 Å². The Bertz CT molecular complexity index is 302. The zero-order valence-corrected chi connectivity index (χ0v) is 11.4. The van der Waals surface area contributed by atoms with Crippen LogP contribution in [-0.4, -0.2) is 37.0 Å². The summed E-state index contributed by atoms with van der Waals surface area (Å²) in [6.45, 7) is 4.30. The third-order valence-electron chi connectivity index (χ3n) is 5.29. The van der Waals surface area contributed by atoms with Crippen molar-refractivity contribution in [1.82, 2.24) is 10.2 Å². The molecule has 0 aromatic carbocycles. The molecule has 18 heavy (non-hydrogen) atoms. The molecule has 1 unspecified atom stereocenters. The first-order valence-electron chi connectivity index (χ1n) is 7.79. The van der Waals surface area contributed by atoms with Gasteiger partial charge in [0, 0.05) is 31.0 Å². The maximum Gasteiger partial charge on any atom is 0.225 e. The van der Waals surface area contributed by atoms with Crippen LogP contribution < -0.4 is 5.32 Å². The van der Waals surface area contributed by atoms with E-state index in [1.165, 1.54) is 38.5 Å². The van der Waals surface area contributed by atoms with E-state index in [1.807, 2.05) is 0 Å². The van der Waals surface area contributed by atoms with Crippen molar-refractivity contribution in [3.05, 3.63) is 0 Å². The summed E-state index contributed by atoms with van der Waals surface area (Å²) in [6, 6.07) is 0. The fourth-order valence-electron chi connectivity index (χ4n) is 4.05. The average Bonchev–Trinajstić information content (AvgIpc) is 2.92. The lowest BCUT2D eigenvalue weighted by molar-refractivity contribution is -0.135. The number of amides is 1. The number of hydrogen-bond acceptors (Lipinski definition) is 2. The maximum absolute atomic E-state index is 12.6. The molecule has 1 aliphatic carbocycles. The van der Waals surface area contributed by atoms with Crippen molar-refractivity contribution in [3.63, 3.8) is 0 Å². The smallest absolute Gasteiger partial charge is 0.225 e. The fraction of sp³-hybridized carbons (Fsp3) is 0.933. The standard InChI is InChI=1S/C15H26N2O/c18-14(13-5-3-1-2-4-6-13)17-10-8-15(12-17)7-9-16-11-15/h13,16H,1-12H2. The number of likely N-dealkylation sites (tertiary alicyclic amines) is 1. The van der Waals surface area contributed by atoms with E-state index in [0.29, 0.717) is 17.2 Å². The zero-order chi connectivity index (χ0) is 12.4. The molecule has 0 aromatic rings. The van der Waals surface area contributed by atoms with Crippen molar-refractivity contribution in [2.75, 3.05) is 26.2 Å². The molecular weight excluding hydrogens is 224 g/mol. The minimum Gasteiger partial charge on any atom is -0.342 e. The Hall–Kier alpha value is -0.570. The van der Waals surface area contributed by atoms with Gasteiger partial charge in [-0.2, -0.15) is 0 Å². The van der Waals surface area contributed by atoms with Crippen LogP contribution in [-0.2, 0) is 4.79 Å². The Morgan fingerprint density at radius 3 is 2.56 bits per heavy atom. The summed E-state index contributed by atoms with van der Waals surface area (Å²) in [5.41, 5.74) is 0.431. The number of hydrogen-bond donors (Lipinski definition) is 1. The fourth-order valence-corrected chi connectivity index (χ4v) is 4.05. The summed E-state index contributed by atoms with van der Waals surface area (Å²) < 4.78 is 0. The molecule has 1 atom stereocenters. The SMILES string of the molecule is O=C(C1CCCCCC1)N1CCC2(CCNC2)C1. The van der Waals surface area contributed by atoms with Gasteiger partial charge in [0.25, 0.3) is 0 Å². The molecule has 0 radical (unpaired) electrons. The van der Waals surface area contributed by atoms with Crippen LogP contribution in [0.4, 0.5) is 0 Å². The molecule has 1 amide bonds. The van der Waals surface area contributed by atoms with Gasteiger partial charge in [0.15, 0.2) is 0 Å². The van der Waals surface area contributed by atoms with Crippen molar-refractivity contribution < 1.29 is 4.79 Å². The number of carbonyl (C=O) groups is 1. The van der Waals surface area contributed by atoms with Crippen molar-refractivity contribution in [1.29, 1.82) is 0 Å². The van der Waals surface area contributed by atoms with E-state index in [0.717, 1.165) is 39.0 Å². The van der Waals surface area contributed by atoms with Gasteiger partial charge in [-0.05, 0) is 32.2 Å². The second-order valence-electron chi connectivity index (χ2n) is 6.63. The van der Waals surface area contributed by atoms with Gasteiger partial charge in [0.05, 0.1) is 0 Å². The van der Waals surface area contributed by atoms with E-state index in [-0.39, 0.29) is 0 Å². The minimum absolute atomic E-state index is 0.344. The summed E-state index contributed by atoms with van der Waals surface area (Å²) in [7, 11) is 0. The molecule has 3 fully saturated rings. The molecule has 2 aliphatic heterocycles. The van der Waals surface area contributed by atoms with Crippen LogP contribution in [0.3, 0.4) is 0 Å². The molecule has 1 saturated carbocycles. The van der Waals surface area contributed by atoms with Gasteiger partial charge in [-0.25, -0.2) is 0 Å². The first-order chi connectivity index (χ1) is 8.79. The maximum atomic E-state index is 12.6. The predicted octanol–water partition coefficient (Wildman–Crippen LogP) is 2.17. The molecule has 0 bridgehead atoms. The molecular formula is C15H26N2O. The molecule has 3 aliphatic rings. The van der Waals surface area contributed by atoms with Crippen molar-refractivity contribution in [2.24, 2.45) is 11.3 Å². The van der Waals surface area contributed by atoms with Crippen LogP contribution >= 0.6 is 0 Å². The Morgan fingerprint density at radius 1 is 1.11 bits per heavy atom. The second-order valence-corrected chi connectivity index (χ2v) is 6.63. The van der Waals surface area contributed by atoms with E-state index in [1.54, 1.807) is 0 Å². The van der Waals surface area contributed by atoms with Gasteiger partial charge >= 0.3 is 0 Å². The highest BCUT2D eigenvalue weighted by molar-refractivity contribution is 5.79. The summed E-state index contributed by atoms with van der Waals surface area (Å²) in [6.07, 6.45) is 9.95. The molecule has 1 N–H and O–H groups in total. The van der Waals surface area contributed by atoms with Crippen molar-refractivity contribution in [2.45, 2.75) is 51.4 Å². The normalized spacial score (nSPS) is 34.1. The molecule has 102 valence electrons. The largest absolute Gasteiger partial charge is 0.342 e. The van der Waals surface area contributed by atoms with Crippen LogP contribution in [0.25, 0.3) is 0 Å². The van der Waals surface area contributed by atoms with Gasteiger partial charge in [-0.15, -0.1) is 0 Å². The second kappa shape index (κ2) is 5.20. The number of carbonyl (C=O) groups excluding carboxylic acids is 1. The van der Waals surface area contributed by atoms with Crippen LogP contribution in [0.5, 0.6) is 0 Å². The van der Waals surface area contributed by atoms with E-state index in [9.17, 15) is 4.79 Å². The summed E-state index contributed by atoms with van der Waals surface area (Å²) in [4.78, 5) is 14.8. The minimum atomic E-state index is 0.344. The van der Waals surface area contributed by atoms with Gasteiger partial charge in [0.2, 0.25) is 5.91 Å². The first-order valence-corrected chi connectivity index (χ1v) is 7.79. The third kappa shape index (κ3) is 2.42. The Kier molecular flexibility index (Phi) is 3.60. The molecule has 2 saturated heterocycles. The quantitative estimate of drug-likeness (QED) is 0.723. The number of nitrogens with one attached hydrogen (secondary N) is 1. The molecule has 3 nitrogen and oxygen atoms in total. The number of rotatable bonds is 1. The lowest BCUT2D eigenvalue weighted by Gasteiger charge is -2.25. The van der Waals surface area contributed by atoms with Crippen molar-refractivity contribution in [3.8, 4) is 0 Å². The molecule has 3 rings (SSSR count). The Labute approximate surface area is 110 Å². The van der Waals surface area contributed by atoms with E-state index in [4.69, 9.17) is 0 Å². The van der Waals surface area contributed by atoms with E-state index in [2.05, 4.69) is 10.2 Å². The van der Waals surface area contributed by atoms with Crippen LogP contribution in [0.2, 0.25) is 0 Å². The van der Waals surface area contributed by atoms with Gasteiger partial charge in [0.1, 0.15) is 0 Å². The van der Waals surface area contributed by atoms with E-state index >= 15 is 0 Å². The average molecular weight is 250 g/mol. The Balaban J connectivity index is 1.59. The van der Waals surface area contributed by atoms with Crippen LogP contribution in [0.1, 0.15) is 51.4 Å².